The minimum Gasteiger partial charge on any atom is -0.462 e. The molecule has 0 N–H and O–H groups in total. The third kappa shape index (κ3) is 8.60. The smallest absolute Gasteiger partial charge is 0.389 e. The number of hydrogen-bond acceptors (Lipinski definition) is 2. The summed E-state index contributed by atoms with van der Waals surface area (Å²) in [6.07, 6.45) is -2.53. The maximum Gasteiger partial charge on any atom is 0.389 e. The van der Waals surface area contributed by atoms with Crippen LogP contribution in [0.15, 0.2) is 24.3 Å². The largest absolute Gasteiger partial charge is 0.462 e. The summed E-state index contributed by atoms with van der Waals surface area (Å²) in [5.74, 6) is -0.355. The zero-order valence-corrected chi connectivity index (χ0v) is 14.6. The Morgan fingerprint density at radius 3 is 2.64 bits per heavy atom. The first-order valence-electron chi connectivity index (χ1n) is 7.22. The normalized spacial score (nSPS) is 13.0. The number of benzene rings is 1. The van der Waals surface area contributed by atoms with Gasteiger partial charge in [0.15, 0.2) is 0 Å². The van der Waals surface area contributed by atoms with Gasteiger partial charge in [0.2, 0.25) is 0 Å². The molecule has 22 heavy (non-hydrogen) atoms. The average Bonchev–Trinajstić information content (AvgIpc) is 2.44. The quantitative estimate of drug-likeness (QED) is 0.238. The van der Waals surface area contributed by atoms with E-state index >= 15 is 0 Å². The molecule has 0 aliphatic rings. The van der Waals surface area contributed by atoms with Gasteiger partial charge in [-0.2, -0.15) is 13.2 Å². The summed E-state index contributed by atoms with van der Waals surface area (Å²) in [5, 5.41) is 0. The lowest BCUT2D eigenvalue weighted by Crippen LogP contribution is -2.11. The highest BCUT2D eigenvalue weighted by molar-refractivity contribution is 14.1. The lowest BCUT2D eigenvalue weighted by molar-refractivity contribution is -0.135. The minimum absolute atomic E-state index is 0.00620. The van der Waals surface area contributed by atoms with Gasteiger partial charge < -0.3 is 4.74 Å². The molecule has 0 fully saturated rings. The van der Waals surface area contributed by atoms with Gasteiger partial charge in [-0.05, 0) is 44.7 Å². The van der Waals surface area contributed by atoms with Crippen molar-refractivity contribution in [2.75, 3.05) is 6.61 Å². The van der Waals surface area contributed by atoms with E-state index in [0.29, 0.717) is 25.0 Å². The van der Waals surface area contributed by atoms with Crippen molar-refractivity contribution in [2.45, 2.75) is 49.1 Å². The number of carbonyl (C=O) groups excluding carboxylic acids is 1. The molecule has 1 aromatic rings. The van der Waals surface area contributed by atoms with Gasteiger partial charge in [0.1, 0.15) is 0 Å². The summed E-state index contributed by atoms with van der Waals surface area (Å²) in [4.78, 5) is 11.8. The number of carbonyl (C=O) groups is 1. The van der Waals surface area contributed by atoms with Crippen molar-refractivity contribution < 1.29 is 22.7 Å². The molecule has 0 aliphatic carbocycles. The summed E-state index contributed by atoms with van der Waals surface area (Å²) in [5.41, 5.74) is 1.52. The molecule has 1 atom stereocenters. The molecule has 124 valence electrons. The molecule has 0 amide bonds. The van der Waals surface area contributed by atoms with Crippen LogP contribution in [0.5, 0.6) is 0 Å². The Morgan fingerprint density at radius 1 is 1.27 bits per heavy atom. The lowest BCUT2D eigenvalue weighted by atomic mass is 10.1. The first kappa shape index (κ1) is 19.3. The van der Waals surface area contributed by atoms with Crippen LogP contribution in [-0.4, -0.2) is 22.7 Å². The predicted octanol–water partition coefficient (Wildman–Crippen LogP) is 5.47. The minimum atomic E-state index is -4.08. The molecule has 1 rings (SSSR count). The molecule has 0 radical (unpaired) electrons. The van der Waals surface area contributed by atoms with Crippen molar-refractivity contribution in [3.63, 3.8) is 0 Å². The molecular weight excluding hydrogens is 408 g/mol. The van der Waals surface area contributed by atoms with Crippen molar-refractivity contribution in [1.29, 1.82) is 0 Å². The number of hydrogen-bond donors (Lipinski definition) is 0. The van der Waals surface area contributed by atoms with Crippen LogP contribution in [-0.2, 0) is 4.74 Å². The predicted molar refractivity (Wildman–Crippen MR) is 88.4 cm³/mol. The van der Waals surface area contributed by atoms with E-state index in [0.717, 1.165) is 12.0 Å². The maximum absolute atomic E-state index is 12.1. The fourth-order valence-corrected chi connectivity index (χ4v) is 2.70. The van der Waals surface area contributed by atoms with E-state index in [9.17, 15) is 18.0 Å². The molecule has 0 bridgehead atoms. The van der Waals surface area contributed by atoms with Crippen LogP contribution in [0.3, 0.4) is 0 Å². The number of aryl methyl sites for hydroxylation is 1. The third-order valence-corrected chi connectivity index (χ3v) is 4.39. The second-order valence-electron chi connectivity index (χ2n) is 5.25. The molecule has 0 saturated carbocycles. The van der Waals surface area contributed by atoms with Crippen LogP contribution in [0, 0.1) is 6.92 Å². The molecule has 6 heteroatoms. The Hall–Kier alpha value is -0.790. The number of esters is 1. The monoisotopic (exact) mass is 428 g/mol. The summed E-state index contributed by atoms with van der Waals surface area (Å²) in [7, 11) is 0. The van der Waals surface area contributed by atoms with Gasteiger partial charge in [0.05, 0.1) is 12.2 Å². The molecule has 0 heterocycles. The molecule has 0 aliphatic heterocycles. The Kier molecular flexibility index (Phi) is 8.20. The summed E-state index contributed by atoms with van der Waals surface area (Å²) in [6, 6.07) is 7.17. The maximum atomic E-state index is 12.1. The van der Waals surface area contributed by atoms with Crippen molar-refractivity contribution in [3.05, 3.63) is 35.4 Å². The van der Waals surface area contributed by atoms with Gasteiger partial charge in [-0.25, -0.2) is 4.79 Å². The average molecular weight is 428 g/mol. The zero-order chi connectivity index (χ0) is 16.6. The second kappa shape index (κ2) is 9.37. The fourth-order valence-electron chi connectivity index (χ4n) is 1.95. The number of ether oxygens (including phenoxy) is 1. The molecule has 0 aromatic heterocycles. The Bertz CT molecular complexity index is 475. The van der Waals surface area contributed by atoms with E-state index in [1.54, 1.807) is 18.2 Å². The molecule has 0 saturated heterocycles. The fraction of sp³-hybridized carbons (Fsp3) is 0.562. The van der Waals surface area contributed by atoms with E-state index in [-0.39, 0.29) is 16.3 Å². The second-order valence-corrected chi connectivity index (χ2v) is 7.01. The van der Waals surface area contributed by atoms with E-state index in [1.807, 2.05) is 13.0 Å². The Labute approximate surface area is 142 Å². The van der Waals surface area contributed by atoms with E-state index in [4.69, 9.17) is 4.74 Å². The van der Waals surface area contributed by atoms with E-state index in [2.05, 4.69) is 22.6 Å². The SMILES string of the molecule is Cc1cccc(C(=O)OCCCCC(I)CCC(F)(F)F)c1. The highest BCUT2D eigenvalue weighted by Crippen LogP contribution is 2.26. The van der Waals surface area contributed by atoms with Gasteiger partial charge in [0.25, 0.3) is 0 Å². The van der Waals surface area contributed by atoms with Gasteiger partial charge in [-0.3, -0.25) is 0 Å². The molecule has 2 nitrogen and oxygen atoms in total. The van der Waals surface area contributed by atoms with E-state index in [1.165, 1.54) is 0 Å². The number of unbranched alkanes of at least 4 members (excludes halogenated alkanes) is 1. The van der Waals surface area contributed by atoms with Crippen molar-refractivity contribution in [3.8, 4) is 0 Å². The number of alkyl halides is 4. The van der Waals surface area contributed by atoms with Crippen LogP contribution in [0.25, 0.3) is 0 Å². The van der Waals surface area contributed by atoms with Crippen LogP contribution in [0.1, 0.15) is 48.0 Å². The van der Waals surface area contributed by atoms with Crippen LogP contribution in [0.2, 0.25) is 0 Å². The standard InChI is InChI=1S/C16H20F3IO2/c1-12-5-4-6-13(11-12)15(21)22-10-3-2-7-14(20)8-9-16(17,18)19/h4-6,11,14H,2-3,7-10H2,1H3. The number of halogens is 4. The third-order valence-electron chi connectivity index (χ3n) is 3.14. The first-order chi connectivity index (χ1) is 10.3. The summed E-state index contributed by atoms with van der Waals surface area (Å²) >= 11 is 2.05. The zero-order valence-electron chi connectivity index (χ0n) is 12.5. The topological polar surface area (TPSA) is 26.3 Å². The Morgan fingerprint density at radius 2 is 2.00 bits per heavy atom. The summed E-state index contributed by atoms with van der Waals surface area (Å²) < 4.78 is 41.4. The van der Waals surface area contributed by atoms with Crippen LogP contribution >= 0.6 is 22.6 Å². The highest BCUT2D eigenvalue weighted by atomic mass is 127. The van der Waals surface area contributed by atoms with Crippen molar-refractivity contribution in [1.82, 2.24) is 0 Å². The molecule has 1 aromatic carbocycles. The van der Waals surface area contributed by atoms with Gasteiger partial charge in [-0.1, -0.05) is 40.3 Å². The van der Waals surface area contributed by atoms with Crippen LogP contribution < -0.4 is 0 Å². The van der Waals surface area contributed by atoms with E-state index < -0.39 is 12.6 Å². The first-order valence-corrected chi connectivity index (χ1v) is 8.47. The Balaban J connectivity index is 2.14. The van der Waals surface area contributed by atoms with Gasteiger partial charge in [0, 0.05) is 10.3 Å². The molecule has 0 spiro atoms. The molecule has 1 unspecified atom stereocenters. The number of rotatable bonds is 8. The summed E-state index contributed by atoms with van der Waals surface area (Å²) in [6.45, 7) is 2.20. The van der Waals surface area contributed by atoms with Gasteiger partial charge in [-0.15, -0.1) is 0 Å². The lowest BCUT2D eigenvalue weighted by Gasteiger charge is -2.11. The van der Waals surface area contributed by atoms with Crippen molar-refractivity contribution >= 4 is 28.6 Å². The highest BCUT2D eigenvalue weighted by Gasteiger charge is 2.27. The molecular formula is C16H20F3IO2. The van der Waals surface area contributed by atoms with Crippen LogP contribution in [0.4, 0.5) is 13.2 Å². The van der Waals surface area contributed by atoms with Crippen molar-refractivity contribution in [2.24, 2.45) is 0 Å². The van der Waals surface area contributed by atoms with Gasteiger partial charge >= 0.3 is 12.1 Å².